The Labute approximate surface area is 111 Å². The predicted molar refractivity (Wildman–Crippen MR) is 71.2 cm³/mol. The molecule has 3 N–H and O–H groups in total. The highest BCUT2D eigenvalue weighted by Crippen LogP contribution is 2.31. The molecule has 3 heterocycles. The van der Waals surface area contributed by atoms with E-state index >= 15 is 0 Å². The molecule has 2 atom stereocenters. The molecule has 0 saturated carbocycles. The number of nitrogens with zero attached hydrogens (tertiary/aromatic N) is 4. The molecule has 0 aliphatic carbocycles. The number of nitriles is 1. The lowest BCUT2D eigenvalue weighted by Crippen LogP contribution is -2.40. The van der Waals surface area contributed by atoms with E-state index in [1.54, 1.807) is 6.20 Å². The lowest BCUT2D eigenvalue weighted by atomic mass is 9.95. The number of likely N-dealkylation sites (tertiary alicyclic amines) is 1. The van der Waals surface area contributed by atoms with Crippen molar-refractivity contribution in [1.29, 1.82) is 5.26 Å². The average Bonchev–Trinajstić information content (AvgIpc) is 2.84. The number of pyridine rings is 1. The van der Waals surface area contributed by atoms with E-state index in [1.165, 1.54) is 0 Å². The van der Waals surface area contributed by atoms with Gasteiger partial charge in [0.2, 0.25) is 0 Å². The third-order valence-electron chi connectivity index (χ3n) is 3.81. The highest BCUT2D eigenvalue weighted by molar-refractivity contribution is 5.79. The summed E-state index contributed by atoms with van der Waals surface area (Å²) < 4.78 is 0. The van der Waals surface area contributed by atoms with Crippen LogP contribution in [0.4, 0.5) is 0 Å². The zero-order chi connectivity index (χ0) is 13.4. The Morgan fingerprint density at radius 3 is 3.21 bits per heavy atom. The molecule has 19 heavy (non-hydrogen) atoms. The maximum Gasteiger partial charge on any atom is 0.181 e. The van der Waals surface area contributed by atoms with Crippen LogP contribution < -0.4 is 5.73 Å². The largest absolute Gasteiger partial charge is 0.328 e. The van der Waals surface area contributed by atoms with Gasteiger partial charge in [0.1, 0.15) is 6.07 Å². The molecule has 0 radical (unpaired) electrons. The fourth-order valence-corrected chi connectivity index (χ4v) is 2.68. The van der Waals surface area contributed by atoms with E-state index in [0.717, 1.165) is 30.5 Å². The highest BCUT2D eigenvalue weighted by atomic mass is 15.2. The van der Waals surface area contributed by atoms with Crippen LogP contribution in [0.15, 0.2) is 12.3 Å². The van der Waals surface area contributed by atoms with Crippen molar-refractivity contribution in [3.63, 3.8) is 0 Å². The van der Waals surface area contributed by atoms with Crippen molar-refractivity contribution in [1.82, 2.24) is 20.1 Å². The third kappa shape index (κ3) is 2.07. The molecule has 2 aromatic rings. The van der Waals surface area contributed by atoms with Crippen molar-refractivity contribution < 1.29 is 0 Å². The van der Waals surface area contributed by atoms with E-state index < -0.39 is 0 Å². The Morgan fingerprint density at radius 2 is 2.42 bits per heavy atom. The number of nitrogens with one attached hydrogen (secondary N) is 1. The van der Waals surface area contributed by atoms with Gasteiger partial charge >= 0.3 is 0 Å². The Morgan fingerprint density at radius 1 is 1.58 bits per heavy atom. The quantitative estimate of drug-likeness (QED) is 0.791. The van der Waals surface area contributed by atoms with Crippen LogP contribution in [-0.2, 0) is 0 Å². The number of H-pyrrole nitrogens is 1. The number of hydrogen-bond donors (Lipinski definition) is 2. The van der Waals surface area contributed by atoms with Gasteiger partial charge in [-0.3, -0.25) is 10.00 Å². The number of piperidine rings is 1. The molecule has 98 valence electrons. The molecule has 3 rings (SSSR count). The van der Waals surface area contributed by atoms with Gasteiger partial charge in [0, 0.05) is 17.6 Å². The van der Waals surface area contributed by atoms with E-state index in [-0.39, 0.29) is 12.1 Å². The van der Waals surface area contributed by atoms with Crippen molar-refractivity contribution in [3.8, 4) is 6.07 Å². The summed E-state index contributed by atoms with van der Waals surface area (Å²) in [5.41, 5.74) is 8.28. The van der Waals surface area contributed by atoms with Gasteiger partial charge in [-0.15, -0.1) is 0 Å². The number of aromatic amines is 1. The number of fused-ring (bicyclic) bond motifs is 1. The zero-order valence-corrected chi connectivity index (χ0v) is 10.8. The summed E-state index contributed by atoms with van der Waals surface area (Å²) in [5, 5.41) is 17.2. The second-order valence-corrected chi connectivity index (χ2v) is 5.13. The van der Waals surface area contributed by atoms with Gasteiger partial charge in [0.25, 0.3) is 0 Å². The first-order chi connectivity index (χ1) is 9.19. The molecular weight excluding hydrogens is 240 g/mol. The van der Waals surface area contributed by atoms with Gasteiger partial charge in [-0.25, -0.2) is 4.98 Å². The molecule has 6 heteroatoms. The Bertz CT molecular complexity index is 640. The van der Waals surface area contributed by atoms with E-state index in [2.05, 4.69) is 33.2 Å². The number of hydrogen-bond acceptors (Lipinski definition) is 5. The van der Waals surface area contributed by atoms with Crippen LogP contribution in [0, 0.1) is 11.3 Å². The van der Waals surface area contributed by atoms with Crippen LogP contribution in [0.2, 0.25) is 0 Å². The average molecular weight is 256 g/mol. The first kappa shape index (κ1) is 12.1. The maximum atomic E-state index is 8.98. The Kier molecular flexibility index (Phi) is 2.93. The second kappa shape index (κ2) is 4.61. The molecule has 2 unspecified atom stereocenters. The van der Waals surface area contributed by atoms with Crippen LogP contribution in [0.3, 0.4) is 0 Å². The summed E-state index contributed by atoms with van der Waals surface area (Å²) in [5.74, 6) is 0. The van der Waals surface area contributed by atoms with E-state index in [0.29, 0.717) is 11.2 Å². The summed E-state index contributed by atoms with van der Waals surface area (Å²) in [6.07, 6.45) is 3.45. The van der Waals surface area contributed by atoms with Crippen LogP contribution in [0.5, 0.6) is 0 Å². The number of nitrogens with two attached hydrogens (primary N) is 1. The first-order valence-corrected chi connectivity index (χ1v) is 6.39. The molecule has 1 aliphatic heterocycles. The summed E-state index contributed by atoms with van der Waals surface area (Å²) in [4.78, 5) is 6.47. The van der Waals surface area contributed by atoms with E-state index in [9.17, 15) is 0 Å². The summed E-state index contributed by atoms with van der Waals surface area (Å²) in [6.45, 7) is 0.970. The first-order valence-electron chi connectivity index (χ1n) is 6.39. The van der Waals surface area contributed by atoms with Crippen molar-refractivity contribution in [2.24, 2.45) is 5.73 Å². The predicted octanol–water partition coefficient (Wildman–Crippen LogP) is 0.924. The van der Waals surface area contributed by atoms with E-state index in [4.69, 9.17) is 11.0 Å². The van der Waals surface area contributed by atoms with Gasteiger partial charge in [-0.2, -0.15) is 10.4 Å². The molecule has 2 aromatic heterocycles. The van der Waals surface area contributed by atoms with Gasteiger partial charge in [0.05, 0.1) is 17.3 Å². The monoisotopic (exact) mass is 256 g/mol. The maximum absolute atomic E-state index is 8.98. The smallest absolute Gasteiger partial charge is 0.181 e. The Balaban J connectivity index is 2.06. The van der Waals surface area contributed by atoms with Crippen LogP contribution >= 0.6 is 0 Å². The van der Waals surface area contributed by atoms with Crippen LogP contribution in [0.25, 0.3) is 11.0 Å². The second-order valence-electron chi connectivity index (χ2n) is 5.13. The summed E-state index contributed by atoms with van der Waals surface area (Å²) >= 11 is 0. The molecule has 1 saturated heterocycles. The fraction of sp³-hybridized carbons (Fsp3) is 0.462. The minimum atomic E-state index is 0.212. The molecule has 1 fully saturated rings. The van der Waals surface area contributed by atoms with Gasteiger partial charge in [-0.1, -0.05) is 0 Å². The number of rotatable bonds is 1. The molecule has 0 amide bonds. The van der Waals surface area contributed by atoms with Gasteiger partial charge < -0.3 is 5.73 Å². The standard InChI is InChI=1S/C13H16N6/c1-19-3-2-9(15)5-11(19)12-10-4-8(6-14)7-16-13(10)18-17-12/h4,7,9,11H,2-3,5,15H2,1H3,(H,16,17,18). The Hall–Kier alpha value is -1.97. The van der Waals surface area contributed by atoms with Crippen LogP contribution in [-0.4, -0.2) is 39.7 Å². The topological polar surface area (TPSA) is 94.6 Å². The zero-order valence-electron chi connectivity index (χ0n) is 10.8. The van der Waals surface area contributed by atoms with Crippen molar-refractivity contribution >= 4 is 11.0 Å². The lowest BCUT2D eigenvalue weighted by molar-refractivity contribution is 0.169. The minimum absolute atomic E-state index is 0.212. The fourth-order valence-electron chi connectivity index (χ4n) is 2.68. The van der Waals surface area contributed by atoms with Crippen molar-refractivity contribution in [2.75, 3.05) is 13.6 Å². The summed E-state index contributed by atoms with van der Waals surface area (Å²) in [6, 6.07) is 4.39. The minimum Gasteiger partial charge on any atom is -0.328 e. The normalized spacial score (nSPS) is 24.5. The SMILES string of the molecule is CN1CCC(N)CC1c1[nH]nc2ncc(C#N)cc12. The highest BCUT2D eigenvalue weighted by Gasteiger charge is 2.28. The summed E-state index contributed by atoms with van der Waals surface area (Å²) in [7, 11) is 2.09. The van der Waals surface area contributed by atoms with Crippen molar-refractivity contribution in [2.45, 2.75) is 24.9 Å². The molecule has 1 aliphatic rings. The van der Waals surface area contributed by atoms with E-state index in [1.807, 2.05) is 6.07 Å². The van der Waals surface area contributed by atoms with Crippen LogP contribution in [0.1, 0.15) is 30.1 Å². The van der Waals surface area contributed by atoms with Gasteiger partial charge in [0.15, 0.2) is 5.65 Å². The lowest BCUT2D eigenvalue weighted by Gasteiger charge is -2.35. The molecule has 0 spiro atoms. The third-order valence-corrected chi connectivity index (χ3v) is 3.81. The molecular formula is C13H16N6. The number of aromatic nitrogens is 3. The van der Waals surface area contributed by atoms with Gasteiger partial charge in [-0.05, 0) is 32.5 Å². The van der Waals surface area contributed by atoms with Crippen molar-refractivity contribution in [3.05, 3.63) is 23.5 Å². The molecule has 6 nitrogen and oxygen atoms in total. The molecule has 0 aromatic carbocycles. The molecule has 0 bridgehead atoms.